The maximum absolute atomic E-state index is 10.8. The Morgan fingerprint density at radius 2 is 2.47 bits per heavy atom. The molecule has 0 aliphatic heterocycles. The predicted octanol–water partition coefficient (Wildman–Crippen LogP) is 2.47. The van der Waals surface area contributed by atoms with Gasteiger partial charge in [-0.2, -0.15) is 0 Å². The Morgan fingerprint density at radius 1 is 1.73 bits per heavy atom. The number of pyridine rings is 1. The summed E-state index contributed by atoms with van der Waals surface area (Å²) >= 11 is 9.16. The Kier molecular flexibility index (Phi) is 4.84. The van der Waals surface area contributed by atoms with Crippen LogP contribution in [-0.2, 0) is 9.53 Å². The molecule has 0 aliphatic carbocycles. The highest BCUT2D eigenvalue weighted by Gasteiger charge is 2.03. The molecule has 4 nitrogen and oxygen atoms in total. The Morgan fingerprint density at radius 3 is 3.07 bits per heavy atom. The van der Waals surface area contributed by atoms with E-state index in [-0.39, 0.29) is 12.4 Å². The first-order chi connectivity index (χ1) is 7.13. The quantitative estimate of drug-likeness (QED) is 0.867. The van der Waals surface area contributed by atoms with Crippen LogP contribution in [0.3, 0.4) is 0 Å². The van der Waals surface area contributed by atoms with E-state index in [1.807, 2.05) is 0 Å². The Labute approximate surface area is 101 Å². The molecule has 1 aromatic heterocycles. The van der Waals surface area contributed by atoms with Crippen molar-refractivity contribution in [3.63, 3.8) is 0 Å². The van der Waals surface area contributed by atoms with E-state index >= 15 is 0 Å². The van der Waals surface area contributed by atoms with Gasteiger partial charge in [-0.3, -0.25) is 4.79 Å². The monoisotopic (exact) mass is 292 g/mol. The molecule has 0 atom stereocenters. The van der Waals surface area contributed by atoms with E-state index in [1.165, 1.54) is 7.11 Å². The van der Waals surface area contributed by atoms with Crippen molar-refractivity contribution in [3.8, 4) is 0 Å². The number of ether oxygens (including phenoxy) is 1. The molecular weight excluding hydrogens is 283 g/mol. The Balaban J connectivity index is 2.47. The van der Waals surface area contributed by atoms with Crippen LogP contribution >= 0.6 is 27.5 Å². The van der Waals surface area contributed by atoms with Crippen LogP contribution in [-0.4, -0.2) is 24.6 Å². The van der Waals surface area contributed by atoms with Crippen molar-refractivity contribution < 1.29 is 9.53 Å². The molecule has 0 radical (unpaired) electrons. The molecule has 1 N–H and O–H groups in total. The minimum Gasteiger partial charge on any atom is -0.469 e. The van der Waals surface area contributed by atoms with Crippen LogP contribution in [0.1, 0.15) is 6.42 Å². The number of esters is 1. The van der Waals surface area contributed by atoms with E-state index in [0.717, 1.165) is 4.47 Å². The molecule has 0 fully saturated rings. The fourth-order valence-corrected chi connectivity index (χ4v) is 1.63. The average Bonchev–Trinajstić information content (AvgIpc) is 2.21. The molecule has 82 valence electrons. The lowest BCUT2D eigenvalue weighted by atomic mass is 10.4. The molecule has 6 heteroatoms. The van der Waals surface area contributed by atoms with Crippen LogP contribution in [0.4, 0.5) is 5.82 Å². The molecule has 0 spiro atoms. The first-order valence-electron chi connectivity index (χ1n) is 4.25. The van der Waals surface area contributed by atoms with E-state index in [4.69, 9.17) is 11.6 Å². The van der Waals surface area contributed by atoms with Gasteiger partial charge in [0.2, 0.25) is 0 Å². The summed E-state index contributed by atoms with van der Waals surface area (Å²) in [7, 11) is 1.35. The molecule has 0 aromatic carbocycles. The van der Waals surface area contributed by atoms with Crippen LogP contribution < -0.4 is 5.32 Å². The minimum atomic E-state index is -0.268. The van der Waals surface area contributed by atoms with Crippen LogP contribution in [0.15, 0.2) is 16.7 Å². The molecule has 0 bridgehead atoms. The SMILES string of the molecule is COC(=O)CCNc1ncc(Br)cc1Cl. The number of anilines is 1. The van der Waals surface area contributed by atoms with Crippen LogP contribution in [0, 0.1) is 0 Å². The van der Waals surface area contributed by atoms with E-state index in [1.54, 1.807) is 12.3 Å². The van der Waals surface area contributed by atoms with Crippen molar-refractivity contribution in [3.05, 3.63) is 21.8 Å². The van der Waals surface area contributed by atoms with Crippen LogP contribution in [0.2, 0.25) is 5.02 Å². The van der Waals surface area contributed by atoms with Crippen molar-refractivity contribution >= 4 is 39.3 Å². The second-order valence-electron chi connectivity index (χ2n) is 2.74. The smallest absolute Gasteiger partial charge is 0.307 e. The minimum absolute atomic E-state index is 0.268. The van der Waals surface area contributed by atoms with Gasteiger partial charge in [-0.1, -0.05) is 11.6 Å². The summed E-state index contributed by atoms with van der Waals surface area (Å²) in [6, 6.07) is 1.73. The number of nitrogens with one attached hydrogen (secondary N) is 1. The van der Waals surface area contributed by atoms with Gasteiger partial charge in [-0.25, -0.2) is 4.98 Å². The molecule has 0 saturated heterocycles. The van der Waals surface area contributed by atoms with Crippen molar-refractivity contribution in [1.29, 1.82) is 0 Å². The van der Waals surface area contributed by atoms with Gasteiger partial charge in [0, 0.05) is 17.2 Å². The van der Waals surface area contributed by atoms with Crippen molar-refractivity contribution in [2.45, 2.75) is 6.42 Å². The summed E-state index contributed by atoms with van der Waals surface area (Å²) in [6.07, 6.45) is 1.91. The van der Waals surface area contributed by atoms with E-state index in [9.17, 15) is 4.79 Å². The molecule has 1 aromatic rings. The lowest BCUT2D eigenvalue weighted by Gasteiger charge is -2.06. The van der Waals surface area contributed by atoms with Crippen LogP contribution in [0.5, 0.6) is 0 Å². The molecule has 0 unspecified atom stereocenters. The number of methoxy groups -OCH3 is 1. The van der Waals surface area contributed by atoms with Gasteiger partial charge in [0.15, 0.2) is 0 Å². The van der Waals surface area contributed by atoms with Gasteiger partial charge in [-0.05, 0) is 22.0 Å². The molecule has 0 amide bonds. The summed E-state index contributed by atoms with van der Waals surface area (Å²) < 4.78 is 5.31. The van der Waals surface area contributed by atoms with Crippen molar-refractivity contribution in [1.82, 2.24) is 4.98 Å². The lowest BCUT2D eigenvalue weighted by molar-refractivity contribution is -0.140. The number of halogens is 2. The van der Waals surface area contributed by atoms with Gasteiger partial charge in [-0.15, -0.1) is 0 Å². The van der Waals surface area contributed by atoms with Crippen LogP contribution in [0.25, 0.3) is 0 Å². The zero-order chi connectivity index (χ0) is 11.3. The summed E-state index contributed by atoms with van der Waals surface area (Å²) in [5.74, 6) is 0.291. The van der Waals surface area contributed by atoms with Crippen molar-refractivity contribution in [2.24, 2.45) is 0 Å². The Bertz CT molecular complexity index is 360. The zero-order valence-corrected chi connectivity index (χ0v) is 10.4. The number of hydrogen-bond donors (Lipinski definition) is 1. The van der Waals surface area contributed by atoms with Gasteiger partial charge < -0.3 is 10.1 Å². The number of carbonyl (C=O) groups excluding carboxylic acids is 1. The summed E-state index contributed by atoms with van der Waals surface area (Å²) in [4.78, 5) is 14.9. The number of rotatable bonds is 4. The molecule has 1 rings (SSSR count). The summed E-state index contributed by atoms with van der Waals surface area (Å²) in [5.41, 5.74) is 0. The highest BCUT2D eigenvalue weighted by atomic mass is 79.9. The largest absolute Gasteiger partial charge is 0.469 e. The molecule has 0 aliphatic rings. The first-order valence-corrected chi connectivity index (χ1v) is 5.42. The number of nitrogens with zero attached hydrogens (tertiary/aromatic N) is 1. The first kappa shape index (κ1) is 12.3. The third-order valence-corrected chi connectivity index (χ3v) is 2.38. The predicted molar refractivity (Wildman–Crippen MR) is 62.1 cm³/mol. The number of aromatic nitrogens is 1. The maximum atomic E-state index is 10.8. The van der Waals surface area contributed by atoms with Crippen molar-refractivity contribution in [2.75, 3.05) is 19.0 Å². The number of carbonyl (C=O) groups is 1. The topological polar surface area (TPSA) is 51.2 Å². The van der Waals surface area contributed by atoms with Gasteiger partial charge in [0.1, 0.15) is 5.82 Å². The summed E-state index contributed by atoms with van der Waals surface area (Å²) in [5, 5.41) is 3.45. The highest BCUT2D eigenvalue weighted by molar-refractivity contribution is 9.10. The molecule has 0 saturated carbocycles. The second-order valence-corrected chi connectivity index (χ2v) is 4.06. The van der Waals surface area contributed by atoms with Gasteiger partial charge >= 0.3 is 5.97 Å². The van der Waals surface area contributed by atoms with E-state index in [2.05, 4.69) is 31.0 Å². The van der Waals surface area contributed by atoms with E-state index < -0.39 is 0 Å². The normalized spacial score (nSPS) is 9.80. The lowest BCUT2D eigenvalue weighted by Crippen LogP contribution is -2.10. The third-order valence-electron chi connectivity index (χ3n) is 1.66. The Hall–Kier alpha value is -0.810. The second kappa shape index (κ2) is 5.92. The van der Waals surface area contributed by atoms with Gasteiger partial charge in [0.05, 0.1) is 18.6 Å². The standard InChI is InChI=1S/C9H10BrClN2O2/c1-15-8(14)2-3-12-9-7(11)4-6(10)5-13-9/h4-5H,2-3H2,1H3,(H,12,13). The molecule has 15 heavy (non-hydrogen) atoms. The molecule has 1 heterocycles. The zero-order valence-electron chi connectivity index (χ0n) is 8.09. The van der Waals surface area contributed by atoms with Gasteiger partial charge in [0.25, 0.3) is 0 Å². The molecular formula is C9H10BrClN2O2. The maximum Gasteiger partial charge on any atom is 0.307 e. The fourth-order valence-electron chi connectivity index (χ4n) is 0.930. The number of hydrogen-bond acceptors (Lipinski definition) is 4. The van der Waals surface area contributed by atoms with E-state index in [0.29, 0.717) is 17.4 Å². The third kappa shape index (κ3) is 4.05. The highest BCUT2D eigenvalue weighted by Crippen LogP contribution is 2.22. The average molecular weight is 294 g/mol. The fraction of sp³-hybridized carbons (Fsp3) is 0.333. The summed E-state index contributed by atoms with van der Waals surface area (Å²) in [6.45, 7) is 0.445.